The van der Waals surface area contributed by atoms with E-state index in [4.69, 9.17) is 18.0 Å². The quantitative estimate of drug-likeness (QED) is 0.866. The van der Waals surface area contributed by atoms with Crippen LogP contribution in [0, 0.1) is 5.41 Å². The number of nitrogens with zero attached hydrogens (tertiary/aromatic N) is 2. The maximum atomic E-state index is 5.75. The molecule has 0 amide bonds. The van der Waals surface area contributed by atoms with Gasteiger partial charge in [-0.1, -0.05) is 32.1 Å². The monoisotopic (exact) mass is 291 g/mol. The third kappa shape index (κ3) is 3.76. The molecule has 1 aliphatic rings. The maximum Gasteiger partial charge on any atom is 0.123 e. The predicted molar refractivity (Wildman–Crippen MR) is 87.6 cm³/mol. The van der Waals surface area contributed by atoms with Crippen LogP contribution in [0.3, 0.4) is 0 Å². The fraction of sp³-hybridized carbons (Fsp3) is 0.625. The highest BCUT2D eigenvalue weighted by molar-refractivity contribution is 7.80. The first-order valence-electron chi connectivity index (χ1n) is 7.33. The van der Waals surface area contributed by atoms with E-state index in [1.54, 1.807) is 6.20 Å². The molecule has 0 spiro atoms. The van der Waals surface area contributed by atoms with Gasteiger partial charge in [0.25, 0.3) is 0 Å². The smallest absolute Gasteiger partial charge is 0.123 e. The second kappa shape index (κ2) is 6.19. The van der Waals surface area contributed by atoms with E-state index in [0.717, 1.165) is 17.8 Å². The van der Waals surface area contributed by atoms with Gasteiger partial charge in [0, 0.05) is 18.8 Å². The number of rotatable bonds is 4. The summed E-state index contributed by atoms with van der Waals surface area (Å²) in [5.74, 6) is 0. The summed E-state index contributed by atoms with van der Waals surface area (Å²) < 4.78 is 0. The number of pyridine rings is 1. The third-order valence-corrected chi connectivity index (χ3v) is 4.67. The molecule has 1 aliphatic carbocycles. The molecule has 4 heteroatoms. The molecule has 0 unspecified atom stereocenters. The molecule has 0 saturated heterocycles. The molecular formula is C16H25N3S. The normalized spacial score (nSPS) is 19.2. The van der Waals surface area contributed by atoms with Crippen molar-refractivity contribution in [1.82, 2.24) is 9.88 Å². The van der Waals surface area contributed by atoms with Crippen LogP contribution in [0.4, 0.5) is 0 Å². The van der Waals surface area contributed by atoms with Crippen LogP contribution in [0.5, 0.6) is 0 Å². The average Bonchev–Trinajstić information content (AvgIpc) is 2.38. The Kier molecular flexibility index (Phi) is 4.76. The van der Waals surface area contributed by atoms with Gasteiger partial charge >= 0.3 is 0 Å². The first-order valence-corrected chi connectivity index (χ1v) is 7.74. The fourth-order valence-electron chi connectivity index (χ4n) is 3.01. The highest BCUT2D eigenvalue weighted by Crippen LogP contribution is 2.36. The van der Waals surface area contributed by atoms with Gasteiger partial charge in [0.05, 0.1) is 0 Å². The zero-order valence-electron chi connectivity index (χ0n) is 12.7. The van der Waals surface area contributed by atoms with Gasteiger partial charge < -0.3 is 5.73 Å². The minimum Gasteiger partial charge on any atom is -0.388 e. The van der Waals surface area contributed by atoms with Crippen LogP contribution in [0.25, 0.3) is 0 Å². The molecule has 0 radical (unpaired) electrons. The second-order valence-electron chi connectivity index (χ2n) is 6.69. The van der Waals surface area contributed by atoms with Gasteiger partial charge in [-0.3, -0.25) is 9.88 Å². The Balaban J connectivity index is 2.02. The van der Waals surface area contributed by atoms with Crippen molar-refractivity contribution >= 4 is 17.2 Å². The van der Waals surface area contributed by atoms with E-state index in [0.29, 0.717) is 16.4 Å². The van der Waals surface area contributed by atoms with Crippen LogP contribution in [0.2, 0.25) is 0 Å². The van der Waals surface area contributed by atoms with Crippen molar-refractivity contribution in [2.24, 2.45) is 11.1 Å². The standard InChI is InChI=1S/C16H25N3S/c1-16(2)8-6-13(7-9-16)19(3)11-12-5-4-10-18-14(12)15(17)20/h4-5,10,13H,6-9,11H2,1-3H3,(H2,17,20). The first kappa shape index (κ1) is 15.4. The van der Waals surface area contributed by atoms with E-state index in [-0.39, 0.29) is 0 Å². The molecule has 2 N–H and O–H groups in total. The summed E-state index contributed by atoms with van der Waals surface area (Å²) in [5, 5.41) is 0. The van der Waals surface area contributed by atoms with Crippen LogP contribution >= 0.6 is 12.2 Å². The summed E-state index contributed by atoms with van der Waals surface area (Å²) >= 11 is 5.09. The highest BCUT2D eigenvalue weighted by atomic mass is 32.1. The Bertz CT molecular complexity index is 474. The van der Waals surface area contributed by atoms with Crippen LogP contribution in [0.15, 0.2) is 18.3 Å². The van der Waals surface area contributed by atoms with Gasteiger partial charge in [-0.2, -0.15) is 0 Å². The van der Waals surface area contributed by atoms with Crippen LogP contribution in [0.1, 0.15) is 50.8 Å². The molecule has 0 aliphatic heterocycles. The lowest BCUT2D eigenvalue weighted by Crippen LogP contribution is -2.37. The summed E-state index contributed by atoms with van der Waals surface area (Å²) in [7, 11) is 2.19. The van der Waals surface area contributed by atoms with Gasteiger partial charge in [0.15, 0.2) is 0 Å². The number of thiocarbonyl (C=S) groups is 1. The molecule has 1 saturated carbocycles. The van der Waals surface area contributed by atoms with Gasteiger partial charge in [-0.05, 0) is 49.8 Å². The molecule has 3 nitrogen and oxygen atoms in total. The topological polar surface area (TPSA) is 42.2 Å². The second-order valence-corrected chi connectivity index (χ2v) is 7.13. The molecule has 1 heterocycles. The molecule has 110 valence electrons. The molecule has 1 fully saturated rings. The maximum absolute atomic E-state index is 5.75. The zero-order valence-corrected chi connectivity index (χ0v) is 13.5. The Morgan fingerprint density at radius 3 is 2.70 bits per heavy atom. The molecule has 0 bridgehead atoms. The van der Waals surface area contributed by atoms with Gasteiger partial charge in [-0.25, -0.2) is 0 Å². The zero-order chi connectivity index (χ0) is 14.8. The summed E-state index contributed by atoms with van der Waals surface area (Å²) in [6, 6.07) is 4.68. The van der Waals surface area contributed by atoms with Crippen molar-refractivity contribution in [3.05, 3.63) is 29.6 Å². The van der Waals surface area contributed by atoms with E-state index in [1.165, 1.54) is 25.7 Å². The summed E-state index contributed by atoms with van der Waals surface area (Å²) in [5.41, 5.74) is 8.17. The number of aromatic nitrogens is 1. The molecule has 1 aromatic heterocycles. The van der Waals surface area contributed by atoms with E-state index >= 15 is 0 Å². The fourth-order valence-corrected chi connectivity index (χ4v) is 3.19. The third-order valence-electron chi connectivity index (χ3n) is 4.48. The molecule has 20 heavy (non-hydrogen) atoms. The average molecular weight is 291 g/mol. The van der Waals surface area contributed by atoms with Crippen LogP contribution in [-0.2, 0) is 6.54 Å². The van der Waals surface area contributed by atoms with Crippen molar-refractivity contribution in [3.8, 4) is 0 Å². The molecule has 0 aromatic carbocycles. The SMILES string of the molecule is CN(Cc1cccnc1C(N)=S)C1CCC(C)(C)CC1. The van der Waals surface area contributed by atoms with Crippen molar-refractivity contribution < 1.29 is 0 Å². The molecule has 1 aromatic rings. The van der Waals surface area contributed by atoms with Gasteiger partial charge in [0.2, 0.25) is 0 Å². The minimum absolute atomic E-state index is 0.388. The Hall–Kier alpha value is -1.00. The Morgan fingerprint density at radius 2 is 2.10 bits per heavy atom. The van der Waals surface area contributed by atoms with Crippen LogP contribution in [-0.4, -0.2) is 28.0 Å². The van der Waals surface area contributed by atoms with Gasteiger partial charge in [-0.15, -0.1) is 0 Å². The van der Waals surface area contributed by atoms with Crippen molar-refractivity contribution in [2.45, 2.75) is 52.1 Å². The first-order chi connectivity index (χ1) is 9.39. The summed E-state index contributed by atoms with van der Waals surface area (Å²) in [4.78, 5) is 7.12. The van der Waals surface area contributed by atoms with E-state index in [9.17, 15) is 0 Å². The number of hydrogen-bond acceptors (Lipinski definition) is 3. The van der Waals surface area contributed by atoms with Crippen molar-refractivity contribution in [1.29, 1.82) is 0 Å². The van der Waals surface area contributed by atoms with Crippen molar-refractivity contribution in [3.63, 3.8) is 0 Å². The van der Waals surface area contributed by atoms with Gasteiger partial charge in [0.1, 0.15) is 10.7 Å². The molecule has 0 atom stereocenters. The van der Waals surface area contributed by atoms with E-state index < -0.39 is 0 Å². The van der Waals surface area contributed by atoms with Crippen LogP contribution < -0.4 is 5.73 Å². The van der Waals surface area contributed by atoms with E-state index in [2.05, 4.69) is 36.8 Å². The lowest BCUT2D eigenvalue weighted by Gasteiger charge is -2.38. The lowest BCUT2D eigenvalue weighted by atomic mass is 9.75. The van der Waals surface area contributed by atoms with Crippen molar-refractivity contribution in [2.75, 3.05) is 7.05 Å². The Labute approximate surface area is 127 Å². The number of nitrogens with two attached hydrogens (primary N) is 1. The number of hydrogen-bond donors (Lipinski definition) is 1. The summed E-state index contributed by atoms with van der Waals surface area (Å²) in [6.07, 6.45) is 6.90. The molecule has 2 rings (SSSR count). The Morgan fingerprint density at radius 1 is 1.45 bits per heavy atom. The highest BCUT2D eigenvalue weighted by Gasteiger charge is 2.28. The largest absolute Gasteiger partial charge is 0.388 e. The molecular weight excluding hydrogens is 266 g/mol. The lowest BCUT2D eigenvalue weighted by molar-refractivity contribution is 0.123. The predicted octanol–water partition coefficient (Wildman–Crippen LogP) is 3.12. The minimum atomic E-state index is 0.388. The summed E-state index contributed by atoms with van der Waals surface area (Å²) in [6.45, 7) is 5.61. The van der Waals surface area contributed by atoms with E-state index in [1.807, 2.05) is 6.07 Å².